The van der Waals surface area contributed by atoms with Crippen LogP contribution in [0.15, 0.2) is 18.2 Å². The standard InChI is InChI=1S/C21H26ClN3O3S/c1-20(8-11-28-12-9-20)19(27)25-14(3-4-15-5-6-17(22)29-15)13-16(24-25)21(2)7-10-23-18(21)26/h5-6,13H,3-4,7-12H2,1-2H3,(H,23,26). The predicted molar refractivity (Wildman–Crippen MR) is 113 cm³/mol. The molecule has 2 saturated heterocycles. The molecule has 0 saturated carbocycles. The molecule has 1 amide bonds. The number of thiophene rings is 1. The zero-order chi connectivity index (χ0) is 20.6. The first kappa shape index (κ1) is 20.6. The fourth-order valence-corrected chi connectivity index (χ4v) is 5.14. The molecule has 0 aliphatic carbocycles. The van der Waals surface area contributed by atoms with Crippen molar-refractivity contribution in [2.45, 2.75) is 51.4 Å². The van der Waals surface area contributed by atoms with Crippen molar-refractivity contribution in [1.82, 2.24) is 15.1 Å². The van der Waals surface area contributed by atoms with Crippen LogP contribution in [-0.2, 0) is 27.8 Å². The molecule has 6 nitrogen and oxygen atoms in total. The Labute approximate surface area is 179 Å². The van der Waals surface area contributed by atoms with E-state index < -0.39 is 10.8 Å². The third kappa shape index (κ3) is 3.88. The number of hydrogen-bond acceptors (Lipinski definition) is 5. The third-order valence-electron chi connectivity index (χ3n) is 6.32. The van der Waals surface area contributed by atoms with E-state index in [1.165, 1.54) is 4.88 Å². The molecule has 2 aliphatic rings. The molecule has 29 heavy (non-hydrogen) atoms. The lowest BCUT2D eigenvalue weighted by Crippen LogP contribution is -2.39. The molecular weight excluding hydrogens is 410 g/mol. The Kier molecular flexibility index (Phi) is 5.57. The minimum atomic E-state index is -0.691. The fraction of sp³-hybridized carbons (Fsp3) is 0.571. The van der Waals surface area contributed by atoms with Gasteiger partial charge in [-0.3, -0.25) is 9.59 Å². The lowest BCUT2D eigenvalue weighted by atomic mass is 9.81. The number of nitrogens with zero attached hydrogens (tertiary/aromatic N) is 2. The second-order valence-electron chi connectivity index (χ2n) is 8.45. The summed E-state index contributed by atoms with van der Waals surface area (Å²) >= 11 is 7.61. The quantitative estimate of drug-likeness (QED) is 0.778. The summed E-state index contributed by atoms with van der Waals surface area (Å²) in [6.45, 7) is 5.70. The molecule has 1 atom stereocenters. The highest BCUT2D eigenvalue weighted by Crippen LogP contribution is 2.35. The van der Waals surface area contributed by atoms with Gasteiger partial charge in [-0.15, -0.1) is 11.3 Å². The predicted octanol–water partition coefficient (Wildman–Crippen LogP) is 3.62. The minimum absolute atomic E-state index is 0.00623. The van der Waals surface area contributed by atoms with Crippen LogP contribution in [0.1, 0.15) is 54.2 Å². The first-order valence-corrected chi connectivity index (χ1v) is 11.3. The molecule has 2 aromatic heterocycles. The maximum absolute atomic E-state index is 13.5. The molecule has 0 bridgehead atoms. The second kappa shape index (κ2) is 7.85. The van der Waals surface area contributed by atoms with E-state index in [2.05, 4.69) is 5.32 Å². The zero-order valence-electron chi connectivity index (χ0n) is 16.8. The van der Waals surface area contributed by atoms with Gasteiger partial charge < -0.3 is 10.1 Å². The topological polar surface area (TPSA) is 73.2 Å². The molecule has 0 radical (unpaired) electrons. The van der Waals surface area contributed by atoms with Crippen molar-refractivity contribution >= 4 is 34.8 Å². The zero-order valence-corrected chi connectivity index (χ0v) is 18.4. The average Bonchev–Trinajstić information content (AvgIpc) is 3.40. The van der Waals surface area contributed by atoms with E-state index >= 15 is 0 Å². The summed E-state index contributed by atoms with van der Waals surface area (Å²) in [6, 6.07) is 5.85. The first-order chi connectivity index (χ1) is 13.8. The number of nitrogens with one attached hydrogen (secondary N) is 1. The Morgan fingerprint density at radius 1 is 1.28 bits per heavy atom. The van der Waals surface area contributed by atoms with Crippen LogP contribution in [0.3, 0.4) is 0 Å². The molecule has 156 valence electrons. The van der Waals surface area contributed by atoms with Crippen LogP contribution in [0.4, 0.5) is 0 Å². The smallest absolute Gasteiger partial charge is 0.253 e. The molecule has 4 heterocycles. The van der Waals surface area contributed by atoms with Gasteiger partial charge in [-0.2, -0.15) is 5.10 Å². The molecule has 8 heteroatoms. The number of amides is 1. The number of ether oxygens (including phenoxy) is 1. The van der Waals surface area contributed by atoms with E-state index in [1.807, 2.05) is 32.0 Å². The molecule has 2 aromatic rings. The van der Waals surface area contributed by atoms with Crippen molar-refractivity contribution in [3.63, 3.8) is 0 Å². The van der Waals surface area contributed by atoms with Crippen molar-refractivity contribution in [2.24, 2.45) is 5.41 Å². The van der Waals surface area contributed by atoms with Gasteiger partial charge >= 0.3 is 0 Å². The Bertz CT molecular complexity index is 932. The summed E-state index contributed by atoms with van der Waals surface area (Å²) in [5, 5.41) is 7.59. The Morgan fingerprint density at radius 2 is 2.03 bits per heavy atom. The van der Waals surface area contributed by atoms with Crippen LogP contribution < -0.4 is 5.32 Å². The van der Waals surface area contributed by atoms with Crippen LogP contribution in [0.25, 0.3) is 0 Å². The first-order valence-electron chi connectivity index (χ1n) is 10.1. The van der Waals surface area contributed by atoms with Gasteiger partial charge in [-0.1, -0.05) is 18.5 Å². The average molecular weight is 436 g/mol. The van der Waals surface area contributed by atoms with Gasteiger partial charge in [0.2, 0.25) is 5.91 Å². The van der Waals surface area contributed by atoms with Crippen molar-refractivity contribution in [3.8, 4) is 0 Å². The second-order valence-corrected chi connectivity index (χ2v) is 10.3. The number of aromatic nitrogens is 2. The van der Waals surface area contributed by atoms with E-state index in [0.717, 1.165) is 16.5 Å². The molecule has 2 aliphatic heterocycles. The molecular formula is C21H26ClN3O3S. The number of carbonyl (C=O) groups excluding carboxylic acids is 2. The summed E-state index contributed by atoms with van der Waals surface area (Å²) in [7, 11) is 0. The number of rotatable bonds is 5. The van der Waals surface area contributed by atoms with Gasteiger partial charge in [0, 0.05) is 30.3 Å². The van der Waals surface area contributed by atoms with E-state index in [1.54, 1.807) is 16.0 Å². The van der Waals surface area contributed by atoms with Gasteiger partial charge in [0.25, 0.3) is 5.91 Å². The number of hydrogen-bond donors (Lipinski definition) is 1. The number of aryl methyl sites for hydroxylation is 2. The largest absolute Gasteiger partial charge is 0.381 e. The fourth-order valence-electron chi connectivity index (χ4n) is 4.05. The van der Waals surface area contributed by atoms with Gasteiger partial charge in [0.15, 0.2) is 0 Å². The highest BCUT2D eigenvalue weighted by atomic mass is 35.5. The molecule has 4 rings (SSSR count). The normalized spacial score (nSPS) is 23.9. The number of halogens is 1. The van der Waals surface area contributed by atoms with Crippen molar-refractivity contribution < 1.29 is 14.3 Å². The van der Waals surface area contributed by atoms with Crippen LogP contribution in [0.5, 0.6) is 0 Å². The van der Waals surface area contributed by atoms with Gasteiger partial charge in [0.1, 0.15) is 0 Å². The van der Waals surface area contributed by atoms with Gasteiger partial charge in [-0.05, 0) is 57.2 Å². The summed E-state index contributed by atoms with van der Waals surface area (Å²) in [5.74, 6) is -0.0308. The van der Waals surface area contributed by atoms with Crippen LogP contribution in [0, 0.1) is 5.41 Å². The van der Waals surface area contributed by atoms with E-state index in [9.17, 15) is 9.59 Å². The van der Waals surface area contributed by atoms with Crippen molar-refractivity contribution in [2.75, 3.05) is 19.8 Å². The van der Waals surface area contributed by atoms with E-state index in [4.69, 9.17) is 21.4 Å². The third-order valence-corrected chi connectivity index (χ3v) is 7.61. The lowest BCUT2D eigenvalue weighted by molar-refractivity contribution is -0.123. The summed E-state index contributed by atoms with van der Waals surface area (Å²) in [6.07, 6.45) is 3.48. The van der Waals surface area contributed by atoms with Crippen LogP contribution >= 0.6 is 22.9 Å². The Morgan fingerprint density at radius 3 is 2.66 bits per heavy atom. The SMILES string of the molecule is CC1(C(=O)n2nc(C3(C)CCNC3=O)cc2CCc2ccc(Cl)s2)CCOCC1. The Balaban J connectivity index is 1.67. The summed E-state index contributed by atoms with van der Waals surface area (Å²) in [5.41, 5.74) is 0.337. The molecule has 0 aromatic carbocycles. The van der Waals surface area contributed by atoms with Crippen LogP contribution in [-0.4, -0.2) is 41.4 Å². The van der Waals surface area contributed by atoms with E-state index in [0.29, 0.717) is 51.1 Å². The van der Waals surface area contributed by atoms with Crippen molar-refractivity contribution in [1.29, 1.82) is 0 Å². The van der Waals surface area contributed by atoms with Crippen LogP contribution in [0.2, 0.25) is 4.34 Å². The van der Waals surface area contributed by atoms with E-state index in [-0.39, 0.29) is 11.8 Å². The Hall–Kier alpha value is -1.70. The molecule has 2 fully saturated rings. The molecule has 1 unspecified atom stereocenters. The molecule has 1 N–H and O–H groups in total. The highest BCUT2D eigenvalue weighted by Gasteiger charge is 2.43. The highest BCUT2D eigenvalue weighted by molar-refractivity contribution is 7.16. The summed E-state index contributed by atoms with van der Waals surface area (Å²) < 4.78 is 7.78. The van der Waals surface area contributed by atoms with Gasteiger partial charge in [0.05, 0.1) is 20.9 Å². The minimum Gasteiger partial charge on any atom is -0.381 e. The maximum Gasteiger partial charge on any atom is 0.253 e. The maximum atomic E-state index is 13.5. The lowest BCUT2D eigenvalue weighted by Gasteiger charge is -2.32. The molecule has 0 spiro atoms. The van der Waals surface area contributed by atoms with Gasteiger partial charge in [-0.25, -0.2) is 4.68 Å². The van der Waals surface area contributed by atoms with Crippen molar-refractivity contribution in [3.05, 3.63) is 38.8 Å². The number of carbonyl (C=O) groups is 2. The summed E-state index contributed by atoms with van der Waals surface area (Å²) in [4.78, 5) is 27.1. The monoisotopic (exact) mass is 435 g/mol.